The summed E-state index contributed by atoms with van der Waals surface area (Å²) in [5.74, 6) is 0. The topological polar surface area (TPSA) is 46.2 Å². The highest BCUT2D eigenvalue weighted by atomic mass is 16.3. The number of nitrogens with two attached hydrogens (primary N) is 1. The van der Waals surface area contributed by atoms with Crippen LogP contribution < -0.4 is 5.73 Å². The molecule has 15 heavy (non-hydrogen) atoms. The smallest absolute Gasteiger partial charge is 0.0787 e. The van der Waals surface area contributed by atoms with Crippen LogP contribution in [0.2, 0.25) is 0 Å². The van der Waals surface area contributed by atoms with E-state index < -0.39 is 0 Å². The standard InChI is InChI=1S/C13H21NO/c1-4-12(15)10-5-7-11(8-6-10)13(2,3)9-14/h5-8,12,15H,4,9,14H2,1-3H3. The van der Waals surface area contributed by atoms with E-state index in [-0.39, 0.29) is 11.5 Å². The van der Waals surface area contributed by atoms with Crippen molar-refractivity contribution in [1.82, 2.24) is 0 Å². The van der Waals surface area contributed by atoms with E-state index in [2.05, 4.69) is 26.0 Å². The highest BCUT2D eigenvalue weighted by molar-refractivity contribution is 5.29. The van der Waals surface area contributed by atoms with Gasteiger partial charge in [-0.25, -0.2) is 0 Å². The van der Waals surface area contributed by atoms with E-state index in [1.165, 1.54) is 5.56 Å². The molecule has 0 amide bonds. The fourth-order valence-electron chi connectivity index (χ4n) is 1.51. The molecule has 1 aromatic rings. The molecule has 1 atom stereocenters. The van der Waals surface area contributed by atoms with Crippen LogP contribution in [0.15, 0.2) is 24.3 Å². The van der Waals surface area contributed by atoms with Gasteiger partial charge in [0.15, 0.2) is 0 Å². The lowest BCUT2D eigenvalue weighted by Gasteiger charge is -2.23. The maximum Gasteiger partial charge on any atom is 0.0787 e. The van der Waals surface area contributed by atoms with Crippen LogP contribution in [0.25, 0.3) is 0 Å². The summed E-state index contributed by atoms with van der Waals surface area (Å²) in [6.07, 6.45) is 0.402. The van der Waals surface area contributed by atoms with Crippen LogP contribution in [0.5, 0.6) is 0 Å². The molecule has 2 heteroatoms. The number of hydrogen-bond acceptors (Lipinski definition) is 2. The van der Waals surface area contributed by atoms with Crippen molar-refractivity contribution in [3.8, 4) is 0 Å². The molecule has 2 nitrogen and oxygen atoms in total. The predicted octanol–water partition coefficient (Wildman–Crippen LogP) is 2.37. The van der Waals surface area contributed by atoms with Gasteiger partial charge in [0.05, 0.1) is 6.10 Å². The fraction of sp³-hybridized carbons (Fsp3) is 0.538. The van der Waals surface area contributed by atoms with Gasteiger partial charge in [-0.2, -0.15) is 0 Å². The Labute approximate surface area is 92.1 Å². The van der Waals surface area contributed by atoms with E-state index in [1.807, 2.05) is 19.1 Å². The minimum absolute atomic E-state index is 0.00962. The molecule has 1 rings (SSSR count). The predicted molar refractivity (Wildman–Crippen MR) is 63.8 cm³/mol. The summed E-state index contributed by atoms with van der Waals surface area (Å²) in [5.41, 5.74) is 7.92. The molecular formula is C13H21NO. The van der Waals surface area contributed by atoms with Crippen molar-refractivity contribution in [1.29, 1.82) is 0 Å². The lowest BCUT2D eigenvalue weighted by molar-refractivity contribution is 0.173. The summed E-state index contributed by atoms with van der Waals surface area (Å²) < 4.78 is 0. The lowest BCUT2D eigenvalue weighted by atomic mass is 9.84. The summed E-state index contributed by atoms with van der Waals surface area (Å²) in [7, 11) is 0. The van der Waals surface area contributed by atoms with Crippen LogP contribution in [0.4, 0.5) is 0 Å². The molecule has 0 saturated heterocycles. The molecule has 84 valence electrons. The molecule has 0 radical (unpaired) electrons. The van der Waals surface area contributed by atoms with Crippen molar-refractivity contribution in [3.05, 3.63) is 35.4 Å². The first-order valence-electron chi connectivity index (χ1n) is 5.50. The molecule has 0 fully saturated rings. The Bertz CT molecular complexity index is 303. The number of rotatable bonds is 4. The minimum atomic E-state index is -0.347. The summed E-state index contributed by atoms with van der Waals surface area (Å²) in [4.78, 5) is 0. The Morgan fingerprint density at radius 3 is 2.20 bits per heavy atom. The molecule has 1 unspecified atom stereocenters. The van der Waals surface area contributed by atoms with E-state index in [0.29, 0.717) is 6.54 Å². The largest absolute Gasteiger partial charge is 0.388 e. The van der Waals surface area contributed by atoms with Gasteiger partial charge in [0.25, 0.3) is 0 Å². The highest BCUT2D eigenvalue weighted by Gasteiger charge is 2.18. The molecule has 0 heterocycles. The second-order valence-electron chi connectivity index (χ2n) is 4.63. The van der Waals surface area contributed by atoms with Gasteiger partial charge in [-0.15, -0.1) is 0 Å². The van der Waals surface area contributed by atoms with E-state index in [1.54, 1.807) is 0 Å². The normalized spacial score (nSPS) is 13.9. The van der Waals surface area contributed by atoms with Crippen LogP contribution in [0.3, 0.4) is 0 Å². The van der Waals surface area contributed by atoms with Crippen molar-refractivity contribution >= 4 is 0 Å². The quantitative estimate of drug-likeness (QED) is 0.796. The van der Waals surface area contributed by atoms with Crippen molar-refractivity contribution in [3.63, 3.8) is 0 Å². The summed E-state index contributed by atoms with van der Waals surface area (Å²) in [5, 5.41) is 9.66. The lowest BCUT2D eigenvalue weighted by Crippen LogP contribution is -2.27. The number of aliphatic hydroxyl groups excluding tert-OH is 1. The Balaban J connectivity index is 2.90. The molecule has 0 aliphatic carbocycles. The average molecular weight is 207 g/mol. The van der Waals surface area contributed by atoms with E-state index in [0.717, 1.165) is 12.0 Å². The average Bonchev–Trinajstić information content (AvgIpc) is 2.28. The number of aliphatic hydroxyl groups is 1. The van der Waals surface area contributed by atoms with Crippen LogP contribution in [-0.4, -0.2) is 11.7 Å². The zero-order chi connectivity index (χ0) is 11.5. The maximum absolute atomic E-state index is 9.66. The van der Waals surface area contributed by atoms with Crippen molar-refractivity contribution in [2.45, 2.75) is 38.7 Å². The molecule has 1 aromatic carbocycles. The zero-order valence-electron chi connectivity index (χ0n) is 9.83. The molecule has 0 bridgehead atoms. The summed E-state index contributed by atoms with van der Waals surface area (Å²) in [6.45, 7) is 6.85. The van der Waals surface area contributed by atoms with Crippen LogP contribution >= 0.6 is 0 Å². The molecular weight excluding hydrogens is 186 g/mol. The molecule has 0 aromatic heterocycles. The highest BCUT2D eigenvalue weighted by Crippen LogP contribution is 2.24. The number of benzene rings is 1. The van der Waals surface area contributed by atoms with Gasteiger partial charge in [-0.1, -0.05) is 45.0 Å². The first-order chi connectivity index (χ1) is 7.01. The summed E-state index contributed by atoms with van der Waals surface area (Å²) in [6, 6.07) is 8.09. The fourth-order valence-corrected chi connectivity index (χ4v) is 1.51. The van der Waals surface area contributed by atoms with Crippen LogP contribution in [0.1, 0.15) is 44.4 Å². The maximum atomic E-state index is 9.66. The van der Waals surface area contributed by atoms with Gasteiger partial charge < -0.3 is 10.8 Å². The monoisotopic (exact) mass is 207 g/mol. The first-order valence-corrected chi connectivity index (χ1v) is 5.50. The Morgan fingerprint density at radius 2 is 1.80 bits per heavy atom. The molecule has 0 saturated carbocycles. The molecule has 3 N–H and O–H groups in total. The van der Waals surface area contributed by atoms with Gasteiger partial charge in [-0.05, 0) is 17.5 Å². The zero-order valence-corrected chi connectivity index (χ0v) is 9.83. The Morgan fingerprint density at radius 1 is 1.27 bits per heavy atom. The number of hydrogen-bond donors (Lipinski definition) is 2. The third-order valence-corrected chi connectivity index (χ3v) is 2.97. The van der Waals surface area contributed by atoms with E-state index >= 15 is 0 Å². The van der Waals surface area contributed by atoms with Gasteiger partial charge >= 0.3 is 0 Å². The van der Waals surface area contributed by atoms with Crippen molar-refractivity contribution in [2.24, 2.45) is 5.73 Å². The van der Waals surface area contributed by atoms with Gasteiger partial charge in [0, 0.05) is 12.0 Å². The van der Waals surface area contributed by atoms with Crippen molar-refractivity contribution < 1.29 is 5.11 Å². The third-order valence-electron chi connectivity index (χ3n) is 2.97. The molecule has 0 aliphatic rings. The second kappa shape index (κ2) is 4.77. The van der Waals surface area contributed by atoms with Crippen LogP contribution in [-0.2, 0) is 5.41 Å². The van der Waals surface area contributed by atoms with Gasteiger partial charge in [-0.3, -0.25) is 0 Å². The SMILES string of the molecule is CCC(O)c1ccc(C(C)(C)CN)cc1. The minimum Gasteiger partial charge on any atom is -0.388 e. The molecule has 0 aliphatic heterocycles. The summed E-state index contributed by atoms with van der Waals surface area (Å²) >= 11 is 0. The third kappa shape index (κ3) is 2.80. The first kappa shape index (κ1) is 12.2. The van der Waals surface area contributed by atoms with Gasteiger partial charge in [0.2, 0.25) is 0 Å². The second-order valence-corrected chi connectivity index (χ2v) is 4.63. The Kier molecular flexibility index (Phi) is 3.89. The van der Waals surface area contributed by atoms with Crippen molar-refractivity contribution in [2.75, 3.05) is 6.54 Å². The Hall–Kier alpha value is -0.860. The van der Waals surface area contributed by atoms with E-state index in [9.17, 15) is 5.11 Å². The van der Waals surface area contributed by atoms with Crippen LogP contribution in [0, 0.1) is 0 Å². The van der Waals surface area contributed by atoms with E-state index in [4.69, 9.17) is 5.73 Å². The molecule has 0 spiro atoms. The van der Waals surface area contributed by atoms with Gasteiger partial charge in [0.1, 0.15) is 0 Å².